The molecule has 0 saturated heterocycles. The molecule has 0 aliphatic carbocycles. The van der Waals surface area contributed by atoms with Crippen molar-refractivity contribution in [1.82, 2.24) is 0 Å². The largest absolute Gasteiger partial charge is 0.396 e. The summed E-state index contributed by atoms with van der Waals surface area (Å²) in [4.78, 5) is 11.3. The predicted octanol–water partition coefficient (Wildman–Crippen LogP) is 2.24. The molecule has 0 heterocycles. The number of nitrogens with two attached hydrogens (primary N) is 1. The fourth-order valence-electron chi connectivity index (χ4n) is 1.98. The van der Waals surface area contributed by atoms with E-state index in [1.165, 1.54) is 0 Å². The van der Waals surface area contributed by atoms with Crippen LogP contribution in [0.25, 0.3) is 0 Å². The molecule has 94 valence electrons. The first-order chi connectivity index (χ1) is 7.67. The van der Waals surface area contributed by atoms with Crippen LogP contribution in [-0.2, 0) is 4.79 Å². The highest BCUT2D eigenvalue weighted by Gasteiger charge is 2.24. The summed E-state index contributed by atoms with van der Waals surface area (Å²) in [7, 11) is 0. The van der Waals surface area contributed by atoms with Gasteiger partial charge in [-0.2, -0.15) is 0 Å². The minimum atomic E-state index is -0.279. The Hall–Kier alpha value is -0.830. The van der Waals surface area contributed by atoms with Gasteiger partial charge in [0.2, 0.25) is 5.91 Å². The zero-order chi connectivity index (χ0) is 12.4. The van der Waals surface area contributed by atoms with Gasteiger partial charge in [-0.1, -0.05) is 25.8 Å². The number of amides is 1. The SMILES string of the molecule is C=CCCCC(C(N)=O)C(CO)CCCC. The summed E-state index contributed by atoms with van der Waals surface area (Å²) in [6.07, 6.45) is 7.42. The van der Waals surface area contributed by atoms with E-state index in [1.807, 2.05) is 6.08 Å². The van der Waals surface area contributed by atoms with Crippen LogP contribution in [0.2, 0.25) is 0 Å². The third-order valence-electron chi connectivity index (χ3n) is 3.02. The number of allylic oxidation sites excluding steroid dienone is 1. The molecular formula is C13H25NO2. The van der Waals surface area contributed by atoms with Crippen molar-refractivity contribution in [3.63, 3.8) is 0 Å². The van der Waals surface area contributed by atoms with Gasteiger partial charge in [0.15, 0.2) is 0 Å². The van der Waals surface area contributed by atoms with Crippen LogP contribution in [0.1, 0.15) is 45.4 Å². The molecule has 2 atom stereocenters. The van der Waals surface area contributed by atoms with Gasteiger partial charge in [0.05, 0.1) is 0 Å². The Morgan fingerprint density at radius 1 is 1.44 bits per heavy atom. The zero-order valence-corrected chi connectivity index (χ0v) is 10.3. The van der Waals surface area contributed by atoms with Crippen LogP contribution in [0.5, 0.6) is 0 Å². The van der Waals surface area contributed by atoms with E-state index in [0.717, 1.165) is 38.5 Å². The van der Waals surface area contributed by atoms with Crippen LogP contribution in [0.4, 0.5) is 0 Å². The summed E-state index contributed by atoms with van der Waals surface area (Å²) in [5.74, 6) is -0.432. The van der Waals surface area contributed by atoms with Gasteiger partial charge in [0, 0.05) is 12.5 Å². The Morgan fingerprint density at radius 2 is 2.12 bits per heavy atom. The highest BCUT2D eigenvalue weighted by atomic mass is 16.3. The minimum Gasteiger partial charge on any atom is -0.396 e. The molecule has 0 spiro atoms. The number of carbonyl (C=O) groups is 1. The molecule has 3 nitrogen and oxygen atoms in total. The molecule has 0 bridgehead atoms. The number of hydrogen-bond donors (Lipinski definition) is 2. The molecule has 3 N–H and O–H groups in total. The van der Waals surface area contributed by atoms with Gasteiger partial charge in [-0.3, -0.25) is 4.79 Å². The second-order valence-corrected chi connectivity index (χ2v) is 4.31. The van der Waals surface area contributed by atoms with Crippen LogP contribution >= 0.6 is 0 Å². The average Bonchev–Trinajstić information content (AvgIpc) is 2.27. The molecule has 0 aromatic rings. The lowest BCUT2D eigenvalue weighted by atomic mass is 9.84. The highest BCUT2D eigenvalue weighted by Crippen LogP contribution is 2.23. The number of primary amides is 1. The predicted molar refractivity (Wildman–Crippen MR) is 66.8 cm³/mol. The summed E-state index contributed by atoms with van der Waals surface area (Å²) < 4.78 is 0. The quantitative estimate of drug-likeness (QED) is 0.444. The number of aliphatic hydroxyl groups is 1. The van der Waals surface area contributed by atoms with Gasteiger partial charge >= 0.3 is 0 Å². The van der Waals surface area contributed by atoms with Gasteiger partial charge in [-0.25, -0.2) is 0 Å². The smallest absolute Gasteiger partial charge is 0.220 e. The molecule has 0 saturated carbocycles. The van der Waals surface area contributed by atoms with Crippen molar-refractivity contribution in [1.29, 1.82) is 0 Å². The maximum atomic E-state index is 11.3. The molecular weight excluding hydrogens is 202 g/mol. The number of rotatable bonds is 10. The molecule has 0 aliphatic rings. The molecule has 0 fully saturated rings. The van der Waals surface area contributed by atoms with Crippen molar-refractivity contribution >= 4 is 5.91 Å². The van der Waals surface area contributed by atoms with E-state index >= 15 is 0 Å². The first-order valence-corrected chi connectivity index (χ1v) is 6.18. The standard InChI is InChI=1S/C13H25NO2/c1-3-5-7-9-12(13(14)16)11(10-15)8-6-4-2/h3,11-12,15H,1,4-10H2,2H3,(H2,14,16). The first-order valence-electron chi connectivity index (χ1n) is 6.18. The lowest BCUT2D eigenvalue weighted by molar-refractivity contribution is -0.124. The van der Waals surface area contributed by atoms with Crippen molar-refractivity contribution in [2.45, 2.75) is 45.4 Å². The summed E-state index contributed by atoms with van der Waals surface area (Å²) in [6.45, 7) is 5.81. The van der Waals surface area contributed by atoms with E-state index in [2.05, 4.69) is 13.5 Å². The van der Waals surface area contributed by atoms with Gasteiger partial charge < -0.3 is 10.8 Å². The van der Waals surface area contributed by atoms with E-state index < -0.39 is 0 Å². The second-order valence-electron chi connectivity index (χ2n) is 4.31. The molecule has 1 amide bonds. The van der Waals surface area contributed by atoms with Crippen molar-refractivity contribution in [2.24, 2.45) is 17.6 Å². The number of aliphatic hydroxyl groups excluding tert-OH is 1. The molecule has 0 radical (unpaired) electrons. The summed E-state index contributed by atoms with van der Waals surface area (Å²) >= 11 is 0. The Labute approximate surface area is 98.7 Å². The Morgan fingerprint density at radius 3 is 2.56 bits per heavy atom. The monoisotopic (exact) mass is 227 g/mol. The Bertz CT molecular complexity index is 204. The van der Waals surface area contributed by atoms with E-state index in [1.54, 1.807) is 0 Å². The van der Waals surface area contributed by atoms with Crippen LogP contribution in [0.3, 0.4) is 0 Å². The zero-order valence-electron chi connectivity index (χ0n) is 10.3. The lowest BCUT2D eigenvalue weighted by Gasteiger charge is -2.22. The third-order valence-corrected chi connectivity index (χ3v) is 3.02. The van der Waals surface area contributed by atoms with Crippen molar-refractivity contribution < 1.29 is 9.90 Å². The van der Waals surface area contributed by atoms with Gasteiger partial charge in [-0.15, -0.1) is 6.58 Å². The molecule has 2 unspecified atom stereocenters. The van der Waals surface area contributed by atoms with E-state index in [4.69, 9.17) is 5.73 Å². The van der Waals surface area contributed by atoms with E-state index in [-0.39, 0.29) is 24.3 Å². The molecule has 0 aromatic heterocycles. The van der Waals surface area contributed by atoms with E-state index in [9.17, 15) is 9.90 Å². The normalized spacial score (nSPS) is 14.4. The van der Waals surface area contributed by atoms with Gasteiger partial charge in [0.25, 0.3) is 0 Å². The Kier molecular flexibility index (Phi) is 8.91. The maximum Gasteiger partial charge on any atom is 0.220 e. The van der Waals surface area contributed by atoms with E-state index in [0.29, 0.717) is 0 Å². The molecule has 0 aliphatic heterocycles. The maximum absolute atomic E-state index is 11.3. The van der Waals surface area contributed by atoms with Gasteiger partial charge in [-0.05, 0) is 31.6 Å². The van der Waals surface area contributed by atoms with Crippen LogP contribution in [0.15, 0.2) is 12.7 Å². The minimum absolute atomic E-state index is 0.0299. The van der Waals surface area contributed by atoms with Crippen LogP contribution in [0, 0.1) is 11.8 Å². The number of carbonyl (C=O) groups excluding carboxylic acids is 1. The fourth-order valence-corrected chi connectivity index (χ4v) is 1.98. The second kappa shape index (κ2) is 9.40. The summed E-state index contributed by atoms with van der Waals surface area (Å²) in [5.41, 5.74) is 5.39. The number of hydrogen-bond acceptors (Lipinski definition) is 2. The lowest BCUT2D eigenvalue weighted by Crippen LogP contribution is -2.32. The first kappa shape index (κ1) is 15.2. The molecule has 0 aromatic carbocycles. The average molecular weight is 227 g/mol. The summed E-state index contributed by atoms with van der Waals surface area (Å²) in [5, 5.41) is 9.30. The highest BCUT2D eigenvalue weighted by molar-refractivity contribution is 5.76. The molecule has 0 rings (SSSR count). The molecule has 3 heteroatoms. The van der Waals surface area contributed by atoms with Gasteiger partial charge in [0.1, 0.15) is 0 Å². The third kappa shape index (κ3) is 5.91. The van der Waals surface area contributed by atoms with Crippen molar-refractivity contribution in [2.75, 3.05) is 6.61 Å². The fraction of sp³-hybridized carbons (Fsp3) is 0.769. The Balaban J connectivity index is 4.22. The molecule has 16 heavy (non-hydrogen) atoms. The van der Waals surface area contributed by atoms with Crippen molar-refractivity contribution in [3.8, 4) is 0 Å². The number of unbranched alkanes of at least 4 members (excludes halogenated alkanes) is 2. The van der Waals surface area contributed by atoms with Crippen molar-refractivity contribution in [3.05, 3.63) is 12.7 Å². The summed E-state index contributed by atoms with van der Waals surface area (Å²) in [6, 6.07) is 0. The topological polar surface area (TPSA) is 63.3 Å². The van der Waals surface area contributed by atoms with Crippen LogP contribution < -0.4 is 5.73 Å². The van der Waals surface area contributed by atoms with Crippen LogP contribution in [-0.4, -0.2) is 17.6 Å².